The summed E-state index contributed by atoms with van der Waals surface area (Å²) in [5.74, 6) is 2.91. The molecule has 17 heavy (non-hydrogen) atoms. The first kappa shape index (κ1) is 13.4. The summed E-state index contributed by atoms with van der Waals surface area (Å²) < 4.78 is 0. The van der Waals surface area contributed by atoms with Crippen LogP contribution in [-0.4, -0.2) is 12.6 Å². The summed E-state index contributed by atoms with van der Waals surface area (Å²) in [6.45, 7) is 10.9. The van der Waals surface area contributed by atoms with Gasteiger partial charge in [-0.1, -0.05) is 27.7 Å². The Labute approximate surface area is 108 Å². The van der Waals surface area contributed by atoms with E-state index in [0.717, 1.165) is 23.8 Å². The first-order chi connectivity index (χ1) is 7.97. The van der Waals surface area contributed by atoms with Gasteiger partial charge in [0, 0.05) is 6.04 Å². The fraction of sp³-hybridized carbons (Fsp3) is 1.00. The highest BCUT2D eigenvalue weighted by atomic mass is 14.9. The molecule has 0 aromatic heterocycles. The average molecular weight is 237 g/mol. The molecule has 1 heteroatoms. The van der Waals surface area contributed by atoms with E-state index in [-0.39, 0.29) is 0 Å². The first-order valence-corrected chi connectivity index (χ1v) is 7.70. The van der Waals surface area contributed by atoms with E-state index in [2.05, 4.69) is 33.0 Å². The minimum atomic E-state index is 0.520. The Balaban J connectivity index is 1.65. The van der Waals surface area contributed by atoms with E-state index in [0.29, 0.717) is 5.41 Å². The largest absolute Gasteiger partial charge is 0.314 e. The lowest BCUT2D eigenvalue weighted by atomic mass is 9.71. The van der Waals surface area contributed by atoms with Crippen LogP contribution in [0.25, 0.3) is 0 Å². The van der Waals surface area contributed by atoms with Crippen molar-refractivity contribution in [1.29, 1.82) is 0 Å². The Bertz CT molecular complexity index is 228. The first-order valence-electron chi connectivity index (χ1n) is 7.70. The van der Waals surface area contributed by atoms with Crippen molar-refractivity contribution in [3.63, 3.8) is 0 Å². The summed E-state index contributed by atoms with van der Waals surface area (Å²) in [7, 11) is 0. The van der Waals surface area contributed by atoms with Crippen LogP contribution in [0.15, 0.2) is 0 Å². The standard InChI is InChI=1S/C16H31N/c1-12(13-5-6-13)11-17-15-9-7-14(8-10-15)16(2,3)4/h12-15,17H,5-11H2,1-4H3. The molecule has 0 radical (unpaired) electrons. The van der Waals surface area contributed by atoms with Crippen molar-refractivity contribution < 1.29 is 0 Å². The summed E-state index contributed by atoms with van der Waals surface area (Å²) in [5, 5.41) is 3.81. The summed E-state index contributed by atoms with van der Waals surface area (Å²) in [5.41, 5.74) is 0.520. The Morgan fingerprint density at radius 3 is 2.06 bits per heavy atom. The molecule has 2 aliphatic carbocycles. The summed E-state index contributed by atoms with van der Waals surface area (Å²) in [6.07, 6.45) is 8.63. The fourth-order valence-corrected chi connectivity index (χ4v) is 3.35. The van der Waals surface area contributed by atoms with Crippen LogP contribution in [0.1, 0.15) is 66.2 Å². The van der Waals surface area contributed by atoms with Crippen LogP contribution in [0.4, 0.5) is 0 Å². The van der Waals surface area contributed by atoms with Crippen LogP contribution < -0.4 is 5.32 Å². The SMILES string of the molecule is CC(CNC1CCC(C(C)(C)C)CC1)C1CC1. The number of hydrogen-bond acceptors (Lipinski definition) is 1. The molecule has 0 amide bonds. The molecule has 100 valence electrons. The van der Waals surface area contributed by atoms with Gasteiger partial charge in [0.2, 0.25) is 0 Å². The van der Waals surface area contributed by atoms with Gasteiger partial charge in [0.05, 0.1) is 0 Å². The third-order valence-electron chi connectivity index (χ3n) is 5.11. The van der Waals surface area contributed by atoms with E-state index in [1.807, 2.05) is 0 Å². The lowest BCUT2D eigenvalue weighted by Crippen LogP contribution is -2.38. The van der Waals surface area contributed by atoms with Crippen LogP contribution in [-0.2, 0) is 0 Å². The minimum absolute atomic E-state index is 0.520. The molecule has 2 saturated carbocycles. The molecule has 2 aliphatic rings. The molecular formula is C16H31N. The zero-order valence-electron chi connectivity index (χ0n) is 12.3. The summed E-state index contributed by atoms with van der Waals surface area (Å²) in [4.78, 5) is 0. The van der Waals surface area contributed by atoms with E-state index >= 15 is 0 Å². The number of hydrogen-bond donors (Lipinski definition) is 1. The molecule has 2 rings (SSSR count). The molecule has 1 unspecified atom stereocenters. The van der Waals surface area contributed by atoms with Gasteiger partial charge in [0.15, 0.2) is 0 Å². The Morgan fingerprint density at radius 1 is 1.00 bits per heavy atom. The molecule has 0 heterocycles. The maximum atomic E-state index is 3.81. The normalized spacial score (nSPS) is 32.5. The molecule has 2 fully saturated rings. The molecular weight excluding hydrogens is 206 g/mol. The Morgan fingerprint density at radius 2 is 1.59 bits per heavy atom. The number of nitrogens with one attached hydrogen (secondary N) is 1. The zero-order valence-corrected chi connectivity index (χ0v) is 12.3. The zero-order chi connectivity index (χ0) is 12.5. The molecule has 0 bridgehead atoms. The van der Waals surface area contributed by atoms with Crippen molar-refractivity contribution in [2.24, 2.45) is 23.2 Å². The fourth-order valence-electron chi connectivity index (χ4n) is 3.35. The Kier molecular flexibility index (Phi) is 4.18. The monoisotopic (exact) mass is 237 g/mol. The predicted molar refractivity (Wildman–Crippen MR) is 75.1 cm³/mol. The van der Waals surface area contributed by atoms with Crippen LogP contribution >= 0.6 is 0 Å². The lowest BCUT2D eigenvalue weighted by Gasteiger charge is -2.37. The van der Waals surface area contributed by atoms with E-state index < -0.39 is 0 Å². The highest BCUT2D eigenvalue weighted by molar-refractivity contribution is 4.85. The van der Waals surface area contributed by atoms with Gasteiger partial charge in [-0.2, -0.15) is 0 Å². The van der Waals surface area contributed by atoms with Gasteiger partial charge in [-0.25, -0.2) is 0 Å². The van der Waals surface area contributed by atoms with Crippen molar-refractivity contribution in [2.75, 3.05) is 6.54 Å². The third kappa shape index (κ3) is 3.98. The van der Waals surface area contributed by atoms with Crippen molar-refractivity contribution >= 4 is 0 Å². The maximum Gasteiger partial charge on any atom is 0.00673 e. The van der Waals surface area contributed by atoms with Gasteiger partial charge >= 0.3 is 0 Å². The van der Waals surface area contributed by atoms with Crippen LogP contribution in [0.3, 0.4) is 0 Å². The highest BCUT2D eigenvalue weighted by Gasteiger charge is 2.31. The summed E-state index contributed by atoms with van der Waals surface area (Å²) in [6, 6.07) is 0.815. The second-order valence-corrected chi connectivity index (χ2v) is 7.64. The van der Waals surface area contributed by atoms with Crippen molar-refractivity contribution in [3.05, 3.63) is 0 Å². The quantitative estimate of drug-likeness (QED) is 0.771. The topological polar surface area (TPSA) is 12.0 Å². The smallest absolute Gasteiger partial charge is 0.00673 e. The van der Waals surface area contributed by atoms with E-state index in [1.165, 1.54) is 45.1 Å². The van der Waals surface area contributed by atoms with Gasteiger partial charge in [-0.3, -0.25) is 0 Å². The molecule has 0 saturated heterocycles. The molecule has 0 spiro atoms. The van der Waals surface area contributed by atoms with E-state index in [4.69, 9.17) is 0 Å². The second kappa shape index (κ2) is 5.30. The van der Waals surface area contributed by atoms with Crippen molar-refractivity contribution in [3.8, 4) is 0 Å². The maximum absolute atomic E-state index is 3.81. The van der Waals surface area contributed by atoms with Crippen LogP contribution in [0.5, 0.6) is 0 Å². The van der Waals surface area contributed by atoms with Crippen LogP contribution in [0, 0.1) is 23.2 Å². The van der Waals surface area contributed by atoms with Gasteiger partial charge in [-0.05, 0) is 68.2 Å². The lowest BCUT2D eigenvalue weighted by molar-refractivity contribution is 0.158. The Hall–Kier alpha value is -0.0400. The molecule has 1 N–H and O–H groups in total. The van der Waals surface area contributed by atoms with Gasteiger partial charge in [-0.15, -0.1) is 0 Å². The summed E-state index contributed by atoms with van der Waals surface area (Å²) >= 11 is 0. The van der Waals surface area contributed by atoms with E-state index in [9.17, 15) is 0 Å². The molecule has 1 nitrogen and oxygen atoms in total. The van der Waals surface area contributed by atoms with E-state index in [1.54, 1.807) is 0 Å². The third-order valence-corrected chi connectivity index (χ3v) is 5.11. The van der Waals surface area contributed by atoms with Gasteiger partial charge < -0.3 is 5.32 Å². The second-order valence-electron chi connectivity index (χ2n) is 7.64. The molecule has 1 atom stereocenters. The van der Waals surface area contributed by atoms with Crippen molar-refractivity contribution in [2.45, 2.75) is 72.3 Å². The van der Waals surface area contributed by atoms with Crippen molar-refractivity contribution in [1.82, 2.24) is 5.32 Å². The van der Waals surface area contributed by atoms with Crippen LogP contribution in [0.2, 0.25) is 0 Å². The average Bonchev–Trinajstić information content (AvgIpc) is 3.09. The molecule has 0 aliphatic heterocycles. The highest BCUT2D eigenvalue weighted by Crippen LogP contribution is 2.38. The predicted octanol–water partition coefficient (Wildman–Crippen LogP) is 4.23. The minimum Gasteiger partial charge on any atom is -0.314 e. The number of rotatable bonds is 4. The van der Waals surface area contributed by atoms with Gasteiger partial charge in [0.25, 0.3) is 0 Å². The molecule has 0 aromatic rings. The van der Waals surface area contributed by atoms with Gasteiger partial charge in [0.1, 0.15) is 0 Å². The molecule has 0 aromatic carbocycles.